The third-order valence-electron chi connectivity index (χ3n) is 1.26. The van der Waals surface area contributed by atoms with E-state index in [-0.39, 0.29) is 4.83 Å². The van der Waals surface area contributed by atoms with Gasteiger partial charge in [-0.25, -0.2) is 4.99 Å². The van der Waals surface area contributed by atoms with Crippen LogP contribution in [0.4, 0.5) is 0 Å². The summed E-state index contributed by atoms with van der Waals surface area (Å²) in [6.45, 7) is 2.00. The molecule has 0 spiro atoms. The fourth-order valence-corrected chi connectivity index (χ4v) is 0.901. The second-order valence-corrected chi connectivity index (χ2v) is 3.04. The molecule has 54 valence electrons. The zero-order valence-electron chi connectivity index (χ0n) is 5.58. The third-order valence-corrected chi connectivity index (χ3v) is 2.22. The molecule has 0 amide bonds. The topological polar surface area (TPSA) is 50.7 Å². The van der Waals surface area contributed by atoms with Gasteiger partial charge in [0.05, 0.1) is 4.83 Å². The van der Waals surface area contributed by atoms with E-state index in [0.29, 0.717) is 5.84 Å². The summed E-state index contributed by atoms with van der Waals surface area (Å²) in [5.41, 5.74) is 1.17. The third kappa shape index (κ3) is 1.44. The Morgan fingerprint density at radius 2 is 2.50 bits per heavy atom. The van der Waals surface area contributed by atoms with Crippen LogP contribution in [0.1, 0.15) is 6.92 Å². The highest BCUT2D eigenvalue weighted by Crippen LogP contribution is 2.13. The van der Waals surface area contributed by atoms with Crippen LogP contribution in [0.15, 0.2) is 21.7 Å². The Kier molecular flexibility index (Phi) is 2.21. The normalized spacial score (nSPS) is 28.8. The lowest BCUT2D eigenvalue weighted by Crippen LogP contribution is -2.11. The van der Waals surface area contributed by atoms with E-state index in [1.165, 1.54) is 5.57 Å². The molecule has 0 saturated heterocycles. The smallest absolute Gasteiger partial charge is 0.171 e. The summed E-state index contributed by atoms with van der Waals surface area (Å²) in [7, 11) is 0. The number of hydrazone groups is 1. The van der Waals surface area contributed by atoms with Gasteiger partial charge in [-0.2, -0.15) is 5.10 Å². The van der Waals surface area contributed by atoms with Gasteiger partial charge in [-0.1, -0.05) is 21.5 Å². The monoisotopic (exact) mass is 201 g/mol. The Morgan fingerprint density at radius 1 is 1.80 bits per heavy atom. The molecule has 0 bridgehead atoms. The van der Waals surface area contributed by atoms with Crippen molar-refractivity contribution in [3.63, 3.8) is 0 Å². The maximum Gasteiger partial charge on any atom is 0.171 e. The standard InChI is InChI=1S/C6H8BrN3/c1-4-2-6(10-8)9-3-5(4)7/h2-3,5H,8H2,1H3/b10-6-. The van der Waals surface area contributed by atoms with E-state index in [2.05, 4.69) is 26.0 Å². The summed E-state index contributed by atoms with van der Waals surface area (Å²) in [5.74, 6) is 5.60. The summed E-state index contributed by atoms with van der Waals surface area (Å²) >= 11 is 3.40. The number of alkyl halides is 1. The molecule has 0 fully saturated rings. The Balaban J connectivity index is 2.84. The summed E-state index contributed by atoms with van der Waals surface area (Å²) < 4.78 is 0. The van der Waals surface area contributed by atoms with E-state index in [1.807, 2.05) is 13.0 Å². The minimum atomic E-state index is 0.234. The first kappa shape index (κ1) is 7.47. The van der Waals surface area contributed by atoms with Gasteiger partial charge < -0.3 is 5.84 Å². The van der Waals surface area contributed by atoms with Crippen molar-refractivity contribution in [2.24, 2.45) is 15.9 Å². The van der Waals surface area contributed by atoms with Crippen LogP contribution in [0.25, 0.3) is 0 Å². The van der Waals surface area contributed by atoms with E-state index in [0.717, 1.165) is 0 Å². The summed E-state index contributed by atoms with van der Waals surface area (Å²) in [6, 6.07) is 0. The van der Waals surface area contributed by atoms with Crippen molar-refractivity contribution in [3.8, 4) is 0 Å². The largest absolute Gasteiger partial charge is 0.321 e. The van der Waals surface area contributed by atoms with Gasteiger partial charge in [-0.05, 0) is 13.0 Å². The lowest BCUT2D eigenvalue weighted by molar-refractivity contribution is 1.21. The number of hydrogen-bond acceptors (Lipinski definition) is 2. The molecule has 1 aliphatic heterocycles. The van der Waals surface area contributed by atoms with Crippen molar-refractivity contribution in [1.29, 1.82) is 0 Å². The van der Waals surface area contributed by atoms with Gasteiger partial charge in [0.15, 0.2) is 5.84 Å². The maximum atomic E-state index is 5.03. The minimum Gasteiger partial charge on any atom is -0.321 e. The number of allylic oxidation sites excluding steroid dienone is 1. The summed E-state index contributed by atoms with van der Waals surface area (Å²) in [4.78, 5) is 4.19. The van der Waals surface area contributed by atoms with Crippen LogP contribution < -0.4 is 5.84 Å². The number of nitrogens with zero attached hydrogens (tertiary/aromatic N) is 2. The van der Waals surface area contributed by atoms with E-state index in [1.54, 1.807) is 6.21 Å². The highest BCUT2D eigenvalue weighted by molar-refractivity contribution is 9.10. The SMILES string of the molecule is CC1=C/C(=N/N)N=CC1Br. The molecule has 0 radical (unpaired) electrons. The Hall–Kier alpha value is -0.640. The Labute approximate surface area is 67.8 Å². The van der Waals surface area contributed by atoms with Crippen LogP contribution in [-0.2, 0) is 0 Å². The molecule has 1 heterocycles. The molecule has 1 aliphatic rings. The lowest BCUT2D eigenvalue weighted by Gasteiger charge is -2.08. The average molecular weight is 202 g/mol. The number of amidine groups is 1. The molecule has 1 unspecified atom stereocenters. The van der Waals surface area contributed by atoms with Crippen LogP contribution in [0.2, 0.25) is 0 Å². The van der Waals surface area contributed by atoms with Crippen molar-refractivity contribution >= 4 is 28.0 Å². The maximum absolute atomic E-state index is 5.03. The van der Waals surface area contributed by atoms with Crippen LogP contribution >= 0.6 is 15.9 Å². The highest BCUT2D eigenvalue weighted by atomic mass is 79.9. The number of aliphatic imine (C=N–C) groups is 1. The molecule has 1 atom stereocenters. The van der Waals surface area contributed by atoms with Gasteiger partial charge in [0.2, 0.25) is 0 Å². The van der Waals surface area contributed by atoms with Gasteiger partial charge in [-0.3, -0.25) is 0 Å². The molecule has 0 saturated carbocycles. The van der Waals surface area contributed by atoms with Crippen LogP contribution in [0, 0.1) is 0 Å². The molecule has 3 nitrogen and oxygen atoms in total. The molecule has 2 N–H and O–H groups in total. The first-order chi connectivity index (χ1) is 4.74. The van der Waals surface area contributed by atoms with Crippen molar-refractivity contribution in [2.75, 3.05) is 0 Å². The minimum absolute atomic E-state index is 0.234. The van der Waals surface area contributed by atoms with Crippen molar-refractivity contribution in [3.05, 3.63) is 11.6 Å². The van der Waals surface area contributed by atoms with E-state index in [9.17, 15) is 0 Å². The van der Waals surface area contributed by atoms with Crippen LogP contribution in [0.5, 0.6) is 0 Å². The second-order valence-electron chi connectivity index (χ2n) is 2.06. The van der Waals surface area contributed by atoms with Crippen molar-refractivity contribution in [1.82, 2.24) is 0 Å². The number of rotatable bonds is 0. The molecular weight excluding hydrogens is 194 g/mol. The Bertz CT molecular complexity index is 217. The van der Waals surface area contributed by atoms with E-state index < -0.39 is 0 Å². The number of nitrogens with two attached hydrogens (primary N) is 1. The molecule has 0 aromatic rings. The van der Waals surface area contributed by atoms with Crippen molar-refractivity contribution in [2.45, 2.75) is 11.8 Å². The average Bonchev–Trinajstić information content (AvgIpc) is 1.95. The first-order valence-electron chi connectivity index (χ1n) is 2.88. The molecule has 1 rings (SSSR count). The quantitative estimate of drug-likeness (QED) is 0.356. The number of hydrogen-bond donors (Lipinski definition) is 1. The first-order valence-corrected chi connectivity index (χ1v) is 3.80. The van der Waals surface area contributed by atoms with Gasteiger partial charge in [0.1, 0.15) is 0 Å². The van der Waals surface area contributed by atoms with Gasteiger partial charge in [0.25, 0.3) is 0 Å². The predicted molar refractivity (Wildman–Crippen MR) is 46.6 cm³/mol. The molecule has 0 aliphatic carbocycles. The fourth-order valence-electron chi connectivity index (χ4n) is 0.650. The highest BCUT2D eigenvalue weighted by Gasteiger charge is 2.08. The number of halogens is 1. The molecule has 0 aromatic carbocycles. The lowest BCUT2D eigenvalue weighted by atomic mass is 10.2. The Morgan fingerprint density at radius 3 is 3.00 bits per heavy atom. The predicted octanol–water partition coefficient (Wildman–Crippen LogP) is 1.05. The van der Waals surface area contributed by atoms with Gasteiger partial charge in [-0.15, -0.1) is 0 Å². The zero-order valence-corrected chi connectivity index (χ0v) is 7.17. The zero-order chi connectivity index (χ0) is 7.56. The fraction of sp³-hybridized carbons (Fsp3) is 0.333. The molecule has 0 aromatic heterocycles. The summed E-state index contributed by atoms with van der Waals surface area (Å²) in [6.07, 6.45) is 3.61. The molecular formula is C6H8BrN3. The van der Waals surface area contributed by atoms with Crippen LogP contribution in [0.3, 0.4) is 0 Å². The van der Waals surface area contributed by atoms with E-state index >= 15 is 0 Å². The molecule has 10 heavy (non-hydrogen) atoms. The summed E-state index contributed by atoms with van der Waals surface area (Å²) in [5, 5.41) is 3.45. The van der Waals surface area contributed by atoms with Crippen LogP contribution in [-0.4, -0.2) is 16.9 Å². The number of dihydropyridines is 1. The molecule has 4 heteroatoms. The van der Waals surface area contributed by atoms with Gasteiger partial charge >= 0.3 is 0 Å². The van der Waals surface area contributed by atoms with Crippen molar-refractivity contribution < 1.29 is 0 Å². The van der Waals surface area contributed by atoms with Gasteiger partial charge in [0, 0.05) is 6.21 Å². The second kappa shape index (κ2) is 2.96. The van der Waals surface area contributed by atoms with E-state index in [4.69, 9.17) is 5.84 Å².